The highest BCUT2D eigenvalue weighted by Crippen LogP contribution is 2.41. The molecule has 23 heavy (non-hydrogen) atoms. The molecule has 1 unspecified atom stereocenters. The van der Waals surface area contributed by atoms with Crippen molar-refractivity contribution in [2.45, 2.75) is 6.17 Å². The van der Waals surface area contributed by atoms with Gasteiger partial charge in [0.1, 0.15) is 6.17 Å². The summed E-state index contributed by atoms with van der Waals surface area (Å²) in [5.41, 5.74) is 1.27. The molecule has 2 aromatic carbocycles. The minimum atomic E-state index is -0.729. The van der Waals surface area contributed by atoms with E-state index in [-0.39, 0.29) is 18.4 Å². The van der Waals surface area contributed by atoms with Gasteiger partial charge in [-0.2, -0.15) is 0 Å². The van der Waals surface area contributed by atoms with E-state index in [0.717, 1.165) is 0 Å². The number of ether oxygens (including phenoxy) is 2. The van der Waals surface area contributed by atoms with Crippen LogP contribution >= 0.6 is 0 Å². The second kappa shape index (κ2) is 4.87. The van der Waals surface area contributed by atoms with Crippen molar-refractivity contribution >= 4 is 17.3 Å². The van der Waals surface area contributed by atoms with Gasteiger partial charge < -0.3 is 20.1 Å². The van der Waals surface area contributed by atoms with Crippen molar-refractivity contribution in [2.75, 3.05) is 12.1 Å². The van der Waals surface area contributed by atoms with E-state index in [1.54, 1.807) is 24.3 Å². The number of carbonyl (C=O) groups excluding carboxylic acids is 1. The number of hydrogen-bond donors (Lipinski definition) is 2. The van der Waals surface area contributed by atoms with Gasteiger partial charge in [-0.25, -0.2) is 0 Å². The van der Waals surface area contributed by atoms with Crippen molar-refractivity contribution in [3.63, 3.8) is 0 Å². The molecule has 0 bridgehead atoms. The van der Waals surface area contributed by atoms with Crippen LogP contribution in [-0.4, -0.2) is 17.6 Å². The van der Waals surface area contributed by atoms with Gasteiger partial charge in [-0.3, -0.25) is 14.9 Å². The van der Waals surface area contributed by atoms with Gasteiger partial charge in [0.05, 0.1) is 22.1 Å². The molecule has 0 saturated heterocycles. The van der Waals surface area contributed by atoms with E-state index in [1.165, 1.54) is 12.1 Å². The third-order valence-corrected chi connectivity index (χ3v) is 3.78. The second-order valence-corrected chi connectivity index (χ2v) is 5.12. The van der Waals surface area contributed by atoms with Crippen LogP contribution < -0.4 is 20.1 Å². The molecule has 1 atom stereocenters. The molecule has 1 amide bonds. The van der Waals surface area contributed by atoms with Gasteiger partial charge in [0.15, 0.2) is 11.5 Å². The average Bonchev–Trinajstić information content (AvgIpc) is 3.01. The van der Waals surface area contributed by atoms with E-state index in [0.29, 0.717) is 28.3 Å². The van der Waals surface area contributed by atoms with Gasteiger partial charge in [-0.05, 0) is 18.2 Å². The number of nitro groups is 1. The summed E-state index contributed by atoms with van der Waals surface area (Å²) in [5, 5.41) is 17.2. The molecule has 0 saturated carbocycles. The van der Waals surface area contributed by atoms with Crippen molar-refractivity contribution in [1.82, 2.24) is 5.32 Å². The Morgan fingerprint density at radius 1 is 1.13 bits per heavy atom. The lowest BCUT2D eigenvalue weighted by Gasteiger charge is -2.27. The zero-order valence-electron chi connectivity index (χ0n) is 11.7. The molecule has 2 aliphatic rings. The lowest BCUT2D eigenvalue weighted by atomic mass is 10.0. The summed E-state index contributed by atoms with van der Waals surface area (Å²) < 4.78 is 10.5. The number of nitrogens with zero attached hydrogens (tertiary/aromatic N) is 1. The van der Waals surface area contributed by atoms with Crippen molar-refractivity contribution in [2.24, 2.45) is 0 Å². The molecular formula is C15H11N3O5. The van der Waals surface area contributed by atoms with Gasteiger partial charge in [0.2, 0.25) is 6.79 Å². The summed E-state index contributed by atoms with van der Waals surface area (Å²) in [6.07, 6.45) is -0.729. The lowest BCUT2D eigenvalue weighted by molar-refractivity contribution is -0.385. The summed E-state index contributed by atoms with van der Waals surface area (Å²) in [6.45, 7) is 0.0171. The highest BCUT2D eigenvalue weighted by molar-refractivity contribution is 6.01. The fourth-order valence-corrected chi connectivity index (χ4v) is 2.70. The largest absolute Gasteiger partial charge is 0.454 e. The minimum absolute atomic E-state index is 0.0171. The molecule has 0 spiro atoms. The summed E-state index contributed by atoms with van der Waals surface area (Å²) in [5.74, 6) is 0.444. The third-order valence-electron chi connectivity index (χ3n) is 3.78. The Balaban J connectivity index is 1.80. The summed E-state index contributed by atoms with van der Waals surface area (Å²) in [4.78, 5) is 23.1. The second-order valence-electron chi connectivity index (χ2n) is 5.12. The summed E-state index contributed by atoms with van der Waals surface area (Å²) in [7, 11) is 0. The van der Waals surface area contributed by atoms with Crippen LogP contribution in [0.25, 0.3) is 0 Å². The van der Waals surface area contributed by atoms with Crippen molar-refractivity contribution < 1.29 is 19.2 Å². The fraction of sp³-hybridized carbons (Fsp3) is 0.133. The zero-order valence-corrected chi connectivity index (χ0v) is 11.7. The highest BCUT2D eigenvalue weighted by atomic mass is 16.7. The number of nitro benzene ring substituents is 1. The van der Waals surface area contributed by atoms with Gasteiger partial charge in [-0.15, -0.1) is 0 Å². The van der Waals surface area contributed by atoms with Gasteiger partial charge in [0.25, 0.3) is 11.6 Å². The molecule has 0 fully saturated rings. The van der Waals surface area contributed by atoms with Gasteiger partial charge >= 0.3 is 0 Å². The van der Waals surface area contributed by atoms with E-state index in [1.807, 2.05) is 0 Å². The smallest absolute Gasteiger partial charge is 0.280 e. The zero-order chi connectivity index (χ0) is 16.0. The Morgan fingerprint density at radius 2 is 1.87 bits per heavy atom. The Bertz CT molecular complexity index is 836. The maximum atomic E-state index is 12.2. The van der Waals surface area contributed by atoms with Gasteiger partial charge in [-0.1, -0.05) is 12.1 Å². The molecule has 2 N–H and O–H groups in total. The normalized spacial score (nSPS) is 17.9. The number of nitrogens with one attached hydrogen (secondary N) is 2. The standard InChI is InChI=1S/C15H11N3O5/c19-15-8-3-1-2-4-10(8)16-14(17-15)9-5-12-13(23-7-22-12)6-11(9)18(20)21/h1-6,14,16H,7H2,(H,17,19). The first kappa shape index (κ1) is 13.4. The van der Waals surface area contributed by atoms with Crippen LogP contribution in [0.4, 0.5) is 11.4 Å². The maximum absolute atomic E-state index is 12.2. The predicted octanol–water partition coefficient (Wildman–Crippen LogP) is 2.18. The summed E-state index contributed by atoms with van der Waals surface area (Å²) >= 11 is 0. The Hall–Kier alpha value is -3.29. The van der Waals surface area contributed by atoms with Gasteiger partial charge in [0, 0.05) is 5.69 Å². The third kappa shape index (κ3) is 2.11. The molecule has 116 valence electrons. The Morgan fingerprint density at radius 3 is 2.65 bits per heavy atom. The molecule has 0 aliphatic carbocycles. The molecule has 8 nitrogen and oxygen atoms in total. The monoisotopic (exact) mass is 313 g/mol. The predicted molar refractivity (Wildman–Crippen MR) is 79.5 cm³/mol. The van der Waals surface area contributed by atoms with Crippen molar-refractivity contribution in [3.05, 3.63) is 57.6 Å². The molecule has 2 heterocycles. The molecule has 2 aliphatic heterocycles. The molecule has 0 aromatic heterocycles. The number of amides is 1. The first-order valence-electron chi connectivity index (χ1n) is 6.88. The number of para-hydroxylation sites is 1. The molecular weight excluding hydrogens is 302 g/mol. The SMILES string of the molecule is O=C1NC(c2cc3c(cc2[N+](=O)[O-])OCO3)Nc2ccccc21. The topological polar surface area (TPSA) is 103 Å². The minimum Gasteiger partial charge on any atom is -0.454 e. The Kier molecular flexibility index (Phi) is 2.83. The van der Waals surface area contributed by atoms with E-state index < -0.39 is 11.1 Å². The maximum Gasteiger partial charge on any atom is 0.280 e. The van der Waals surface area contributed by atoms with Crippen LogP contribution in [0.3, 0.4) is 0 Å². The average molecular weight is 313 g/mol. The quantitative estimate of drug-likeness (QED) is 0.650. The molecule has 4 rings (SSSR count). The number of rotatable bonds is 2. The molecule has 0 radical (unpaired) electrons. The summed E-state index contributed by atoms with van der Waals surface area (Å²) in [6, 6.07) is 9.80. The van der Waals surface area contributed by atoms with E-state index >= 15 is 0 Å². The van der Waals surface area contributed by atoms with Crippen molar-refractivity contribution in [3.8, 4) is 11.5 Å². The van der Waals surface area contributed by atoms with Crippen LogP contribution in [0.15, 0.2) is 36.4 Å². The van der Waals surface area contributed by atoms with Crippen molar-refractivity contribution in [1.29, 1.82) is 0 Å². The van der Waals surface area contributed by atoms with Crippen LogP contribution in [0.2, 0.25) is 0 Å². The number of fused-ring (bicyclic) bond motifs is 2. The lowest BCUT2D eigenvalue weighted by Crippen LogP contribution is -2.38. The number of carbonyl (C=O) groups is 1. The van der Waals surface area contributed by atoms with Crippen LogP contribution in [0, 0.1) is 10.1 Å². The van der Waals surface area contributed by atoms with E-state index in [2.05, 4.69) is 10.6 Å². The number of benzene rings is 2. The molecule has 2 aromatic rings. The van der Waals surface area contributed by atoms with Crippen LogP contribution in [0.5, 0.6) is 11.5 Å². The first-order chi connectivity index (χ1) is 11.1. The van der Waals surface area contributed by atoms with Crippen LogP contribution in [0.1, 0.15) is 22.1 Å². The first-order valence-corrected chi connectivity index (χ1v) is 6.88. The Labute approximate surface area is 130 Å². The highest BCUT2D eigenvalue weighted by Gasteiger charge is 2.32. The fourth-order valence-electron chi connectivity index (χ4n) is 2.70. The number of anilines is 1. The molecule has 8 heteroatoms. The van der Waals surface area contributed by atoms with Crippen LogP contribution in [-0.2, 0) is 0 Å². The van der Waals surface area contributed by atoms with E-state index in [4.69, 9.17) is 9.47 Å². The van der Waals surface area contributed by atoms with E-state index in [9.17, 15) is 14.9 Å². The number of hydrogen-bond acceptors (Lipinski definition) is 6.